The number of hydrogen-bond acceptors (Lipinski definition) is 5. The highest BCUT2D eigenvalue weighted by molar-refractivity contribution is 8.06. The molecule has 0 saturated carbocycles. The second-order valence-corrected chi connectivity index (χ2v) is 6.71. The normalized spacial score (nSPS) is 20.2. The highest BCUT2D eigenvalue weighted by Crippen LogP contribution is 2.25. The van der Waals surface area contributed by atoms with Crippen LogP contribution in [0.5, 0.6) is 0 Å². The van der Waals surface area contributed by atoms with Gasteiger partial charge in [-0.1, -0.05) is 18.5 Å². The number of anilines is 1. The maximum absolute atomic E-state index is 6.05. The lowest BCUT2D eigenvalue weighted by molar-refractivity contribution is 0.965. The molecule has 0 bridgehead atoms. The summed E-state index contributed by atoms with van der Waals surface area (Å²) in [6.45, 7) is 3.03. The zero-order valence-corrected chi connectivity index (χ0v) is 12.2. The van der Waals surface area contributed by atoms with Crippen LogP contribution in [-0.4, -0.2) is 39.0 Å². The molecule has 0 amide bonds. The summed E-state index contributed by atoms with van der Waals surface area (Å²) >= 11 is 10.1. The molecular formula is C11H16ClN3S2. The van der Waals surface area contributed by atoms with E-state index < -0.39 is 0 Å². The molecule has 3 nitrogen and oxygen atoms in total. The van der Waals surface area contributed by atoms with Crippen LogP contribution in [0.25, 0.3) is 0 Å². The molecule has 2 rings (SSSR count). The molecule has 1 aromatic heterocycles. The van der Waals surface area contributed by atoms with Crippen molar-refractivity contribution in [3.8, 4) is 0 Å². The van der Waals surface area contributed by atoms with Crippen molar-refractivity contribution in [1.82, 2.24) is 9.97 Å². The lowest BCUT2D eigenvalue weighted by Gasteiger charge is -2.22. The van der Waals surface area contributed by atoms with E-state index in [1.165, 1.54) is 23.6 Å². The molecule has 1 aliphatic rings. The van der Waals surface area contributed by atoms with E-state index in [9.17, 15) is 0 Å². The number of hydrogen-bond donors (Lipinski definition) is 1. The highest BCUT2D eigenvalue weighted by atomic mass is 35.5. The monoisotopic (exact) mass is 289 g/mol. The Morgan fingerprint density at radius 3 is 3.06 bits per heavy atom. The van der Waals surface area contributed by atoms with E-state index in [1.807, 2.05) is 23.5 Å². The van der Waals surface area contributed by atoms with Crippen molar-refractivity contribution in [2.45, 2.75) is 18.6 Å². The van der Waals surface area contributed by atoms with Gasteiger partial charge in [-0.2, -0.15) is 23.5 Å². The zero-order chi connectivity index (χ0) is 12.1. The molecule has 0 aromatic carbocycles. The summed E-state index contributed by atoms with van der Waals surface area (Å²) in [6, 6.07) is 0. The van der Waals surface area contributed by atoms with Crippen LogP contribution >= 0.6 is 35.1 Å². The van der Waals surface area contributed by atoms with Crippen molar-refractivity contribution in [2.75, 3.05) is 29.1 Å². The fourth-order valence-electron chi connectivity index (χ4n) is 1.72. The number of aromatic nitrogens is 2. The van der Waals surface area contributed by atoms with Crippen molar-refractivity contribution >= 4 is 40.9 Å². The van der Waals surface area contributed by atoms with E-state index >= 15 is 0 Å². The summed E-state index contributed by atoms with van der Waals surface area (Å²) < 4.78 is 0. The van der Waals surface area contributed by atoms with Crippen molar-refractivity contribution in [3.63, 3.8) is 0 Å². The Balaban J connectivity index is 1.95. The van der Waals surface area contributed by atoms with Gasteiger partial charge in [0.15, 0.2) is 0 Å². The predicted octanol–water partition coefficient (Wildman–Crippen LogP) is 2.95. The Morgan fingerprint density at radius 1 is 1.47 bits per heavy atom. The van der Waals surface area contributed by atoms with E-state index in [2.05, 4.69) is 22.2 Å². The summed E-state index contributed by atoms with van der Waals surface area (Å²) in [5, 5.41) is 4.64. The molecule has 17 heavy (non-hydrogen) atoms. The second-order valence-electron chi connectivity index (χ2n) is 3.79. The van der Waals surface area contributed by atoms with Gasteiger partial charge in [0.05, 0.1) is 0 Å². The molecule has 1 fully saturated rings. The summed E-state index contributed by atoms with van der Waals surface area (Å²) in [5.74, 6) is 4.64. The SMILES string of the molecule is CCc1c(Cl)ncnc1NCC1CSCCS1. The number of halogens is 1. The van der Waals surface area contributed by atoms with Crippen LogP contribution < -0.4 is 5.32 Å². The third-order valence-corrected chi connectivity index (χ3v) is 5.80. The molecule has 6 heteroatoms. The van der Waals surface area contributed by atoms with E-state index in [1.54, 1.807) is 0 Å². The van der Waals surface area contributed by atoms with Gasteiger partial charge >= 0.3 is 0 Å². The van der Waals surface area contributed by atoms with E-state index in [4.69, 9.17) is 11.6 Å². The molecule has 1 atom stereocenters. The van der Waals surface area contributed by atoms with Gasteiger partial charge < -0.3 is 5.32 Å². The van der Waals surface area contributed by atoms with Crippen molar-refractivity contribution in [3.05, 3.63) is 17.0 Å². The van der Waals surface area contributed by atoms with Crippen LogP contribution in [-0.2, 0) is 6.42 Å². The Bertz CT molecular complexity index is 370. The first-order chi connectivity index (χ1) is 8.31. The lowest BCUT2D eigenvalue weighted by Crippen LogP contribution is -2.24. The third-order valence-electron chi connectivity index (χ3n) is 2.63. The molecule has 0 radical (unpaired) electrons. The Hall–Kier alpha value is -0.130. The molecule has 0 aliphatic carbocycles. The van der Waals surface area contributed by atoms with Crippen LogP contribution in [0.3, 0.4) is 0 Å². The zero-order valence-electron chi connectivity index (χ0n) is 9.78. The van der Waals surface area contributed by atoms with Crippen molar-refractivity contribution in [1.29, 1.82) is 0 Å². The minimum atomic E-state index is 0.565. The standard InChI is InChI=1S/C11H16ClN3S2/c1-2-9-10(12)14-7-15-11(9)13-5-8-6-16-3-4-17-8/h7-8H,2-6H2,1H3,(H,13,14,15). The van der Waals surface area contributed by atoms with Gasteiger partial charge in [-0.15, -0.1) is 0 Å². The maximum atomic E-state index is 6.05. The second kappa shape index (κ2) is 6.71. The number of thioether (sulfide) groups is 2. The molecule has 1 N–H and O–H groups in total. The molecule has 0 spiro atoms. The average Bonchev–Trinajstić information content (AvgIpc) is 2.37. The van der Waals surface area contributed by atoms with E-state index in [-0.39, 0.29) is 0 Å². The largest absolute Gasteiger partial charge is 0.369 e. The smallest absolute Gasteiger partial charge is 0.137 e. The summed E-state index contributed by atoms with van der Waals surface area (Å²) in [5.41, 5.74) is 1.02. The topological polar surface area (TPSA) is 37.8 Å². The van der Waals surface area contributed by atoms with Crippen molar-refractivity contribution in [2.24, 2.45) is 0 Å². The first-order valence-electron chi connectivity index (χ1n) is 5.74. The number of nitrogens with one attached hydrogen (secondary N) is 1. The fraction of sp³-hybridized carbons (Fsp3) is 0.636. The minimum absolute atomic E-state index is 0.565. The summed E-state index contributed by atoms with van der Waals surface area (Å²) in [6.07, 6.45) is 2.38. The van der Waals surface area contributed by atoms with Gasteiger partial charge in [0, 0.05) is 34.6 Å². The third kappa shape index (κ3) is 3.66. The first-order valence-corrected chi connectivity index (χ1v) is 8.32. The summed E-state index contributed by atoms with van der Waals surface area (Å²) in [4.78, 5) is 8.28. The fourth-order valence-corrected chi connectivity index (χ4v) is 4.60. The van der Waals surface area contributed by atoms with Gasteiger partial charge in [-0.05, 0) is 6.42 Å². The Labute approximate surface area is 116 Å². The Morgan fingerprint density at radius 2 is 2.35 bits per heavy atom. The highest BCUT2D eigenvalue weighted by Gasteiger charge is 2.15. The van der Waals surface area contributed by atoms with Crippen LogP contribution in [0.2, 0.25) is 5.15 Å². The van der Waals surface area contributed by atoms with Gasteiger partial charge in [0.25, 0.3) is 0 Å². The quantitative estimate of drug-likeness (QED) is 0.863. The predicted molar refractivity (Wildman–Crippen MR) is 78.5 cm³/mol. The average molecular weight is 290 g/mol. The minimum Gasteiger partial charge on any atom is -0.369 e. The Kier molecular flexibility index (Phi) is 5.25. The van der Waals surface area contributed by atoms with Crippen LogP contribution in [0, 0.1) is 0 Å². The summed E-state index contributed by atoms with van der Waals surface area (Å²) in [7, 11) is 0. The van der Waals surface area contributed by atoms with Crippen LogP contribution in [0.1, 0.15) is 12.5 Å². The van der Waals surface area contributed by atoms with E-state index in [0.717, 1.165) is 24.3 Å². The van der Waals surface area contributed by atoms with E-state index in [0.29, 0.717) is 10.4 Å². The molecule has 1 aromatic rings. The van der Waals surface area contributed by atoms with Gasteiger partial charge in [-0.3, -0.25) is 0 Å². The van der Waals surface area contributed by atoms with Crippen LogP contribution in [0.15, 0.2) is 6.33 Å². The lowest BCUT2D eigenvalue weighted by atomic mass is 10.2. The van der Waals surface area contributed by atoms with Crippen molar-refractivity contribution < 1.29 is 0 Å². The molecule has 2 heterocycles. The van der Waals surface area contributed by atoms with Crippen LogP contribution in [0.4, 0.5) is 5.82 Å². The molecule has 1 unspecified atom stereocenters. The first kappa shape index (κ1) is 13.3. The number of nitrogens with zero attached hydrogens (tertiary/aromatic N) is 2. The molecule has 1 aliphatic heterocycles. The van der Waals surface area contributed by atoms with Gasteiger partial charge in [0.1, 0.15) is 17.3 Å². The van der Waals surface area contributed by atoms with Gasteiger partial charge in [0.2, 0.25) is 0 Å². The molecular weight excluding hydrogens is 274 g/mol. The van der Waals surface area contributed by atoms with Gasteiger partial charge in [-0.25, -0.2) is 9.97 Å². The number of rotatable bonds is 4. The maximum Gasteiger partial charge on any atom is 0.137 e. The molecule has 1 saturated heterocycles. The molecule has 94 valence electrons.